The summed E-state index contributed by atoms with van der Waals surface area (Å²) < 4.78 is 73.0. The van der Waals surface area contributed by atoms with E-state index in [4.69, 9.17) is 28.4 Å². The number of allylic oxidation sites excluding steroid dienone is 3. The van der Waals surface area contributed by atoms with Crippen molar-refractivity contribution in [2.24, 2.45) is 88.8 Å². The number of nitrogens with zero attached hydrogens (tertiary/aromatic N) is 3. The van der Waals surface area contributed by atoms with E-state index in [2.05, 4.69) is 49.1 Å². The van der Waals surface area contributed by atoms with Crippen LogP contribution in [0, 0.1) is 106 Å². The first-order valence-corrected chi connectivity index (χ1v) is 38.9. The van der Waals surface area contributed by atoms with Crippen molar-refractivity contribution in [2.75, 3.05) is 19.8 Å². The molecule has 21 atom stereocenters. The molecular weight excluding hydrogens is 1380 g/mol. The minimum Gasteiger partial charge on any atom is -0.462 e. The third kappa shape index (κ3) is 17.9. The Morgan fingerprint density at radius 3 is 0.944 bits per heavy atom. The molecule has 18 nitrogen and oxygen atoms in total. The topological polar surface area (TPSA) is 233 Å². The first kappa shape index (κ1) is 76.5. The maximum absolute atomic E-state index is 13.6. The van der Waals surface area contributed by atoms with Crippen molar-refractivity contribution in [1.82, 2.24) is 30.9 Å². The average molecular weight is 1480 g/mol. The Morgan fingerprint density at radius 2 is 0.694 bits per heavy atom. The summed E-state index contributed by atoms with van der Waals surface area (Å²) >= 11 is 0. The van der Waals surface area contributed by atoms with Crippen LogP contribution in [0.4, 0.5) is 27.6 Å². The number of aromatic nitrogens is 3. The molecule has 0 bridgehead atoms. The van der Waals surface area contributed by atoms with Crippen molar-refractivity contribution >= 4 is 54.4 Å². The van der Waals surface area contributed by atoms with Crippen molar-refractivity contribution < 1.29 is 70.4 Å². The second-order valence-electron chi connectivity index (χ2n) is 30.8. The number of fused-ring (bicyclic) bond motifs is 6. The Balaban J connectivity index is 0.000000143. The summed E-state index contributed by atoms with van der Waals surface area (Å²) in [6.45, 7) is 12.5. The van der Waals surface area contributed by atoms with Crippen molar-refractivity contribution in [2.45, 2.75) is 155 Å². The van der Waals surface area contributed by atoms with E-state index in [9.17, 15) is 41.9 Å². The maximum atomic E-state index is 13.6. The molecule has 21 heteroatoms. The quantitative estimate of drug-likeness (QED) is 0.0641. The number of esters is 3. The Bertz CT molecular complexity index is 3830. The minimum absolute atomic E-state index is 0.0679. The molecule has 3 aromatic heterocycles. The van der Waals surface area contributed by atoms with E-state index in [1.54, 1.807) is 57.6 Å². The van der Waals surface area contributed by atoms with Gasteiger partial charge in [0.2, 0.25) is 0 Å². The van der Waals surface area contributed by atoms with Crippen molar-refractivity contribution in [3.8, 4) is 33.4 Å². The highest BCUT2D eigenvalue weighted by atomic mass is 19.1. The largest absolute Gasteiger partial charge is 0.462 e. The van der Waals surface area contributed by atoms with Crippen LogP contribution in [0.25, 0.3) is 51.6 Å². The zero-order valence-electron chi connectivity index (χ0n) is 62.2. The fourth-order valence-electron chi connectivity index (χ4n) is 19.9. The van der Waals surface area contributed by atoms with Crippen LogP contribution < -0.4 is 16.0 Å². The van der Waals surface area contributed by atoms with Gasteiger partial charge in [0.15, 0.2) is 0 Å². The highest BCUT2D eigenvalue weighted by Crippen LogP contribution is 2.57. The summed E-state index contributed by atoms with van der Waals surface area (Å²) in [5.74, 6) is 1.89. The molecule has 6 aliphatic carbocycles. The summed E-state index contributed by atoms with van der Waals surface area (Å²) in [5.41, 5.74) is 7.43. The number of cyclic esters (lactones) is 3. The second-order valence-corrected chi connectivity index (χ2v) is 30.8. The Hall–Kier alpha value is -9.66. The summed E-state index contributed by atoms with van der Waals surface area (Å²) in [6.07, 6.45) is 27.2. The molecule has 1 unspecified atom stereocenters. The van der Waals surface area contributed by atoms with Crippen molar-refractivity contribution in [1.29, 1.82) is 0 Å². The molecule has 3 aliphatic heterocycles. The predicted molar refractivity (Wildman–Crippen MR) is 402 cm³/mol. The molecule has 3 aromatic carbocycles. The SMILES string of the molecule is CCOC(=O)N[C@@H]1CC[C@@H]2C(/C=C/c3ccc(-c4cccc(F)c4)cn3)[C@H]3[C@H](C[C@@H]2C1)C(=O)O[C@@H]3C.CCOC(=O)N[C@@H]1CC[C@@H]2[C@@H](C1)C[C@H]1C(=O)O[C@@H](C)[C@@H]1[C@@H]2/C=C/c1ccc(-c2cccc(F)c2)cn1.CCOC(=O)N[C@@H]1CC[C@H]2[C@@H](C1)C[C@H]1C(=O)O[C@H](C)[C@H]1[C@@H]2/C=C/c1ccc(-c2cccc(F)c2)cn1. The lowest BCUT2D eigenvalue weighted by molar-refractivity contribution is -0.145. The van der Waals surface area contributed by atoms with Gasteiger partial charge in [0, 0.05) is 71.2 Å². The highest BCUT2D eigenvalue weighted by molar-refractivity contribution is 5.78. The summed E-state index contributed by atoms with van der Waals surface area (Å²) in [4.78, 5) is 87.7. The van der Waals surface area contributed by atoms with Crippen LogP contribution in [-0.4, -0.2) is 107 Å². The first-order chi connectivity index (χ1) is 52.3. The maximum Gasteiger partial charge on any atom is 0.407 e. The van der Waals surface area contributed by atoms with E-state index < -0.39 is 0 Å². The smallest absolute Gasteiger partial charge is 0.407 e. The van der Waals surface area contributed by atoms with Crippen LogP contribution in [0.3, 0.4) is 0 Å². The number of halogens is 3. The van der Waals surface area contributed by atoms with Crippen LogP contribution in [-0.2, 0) is 42.8 Å². The molecule has 9 fully saturated rings. The third-order valence-corrected chi connectivity index (χ3v) is 24.5. The van der Waals surface area contributed by atoms with E-state index in [0.29, 0.717) is 55.3 Å². The molecule has 9 aliphatic rings. The molecule has 570 valence electrons. The molecule has 6 heterocycles. The fourth-order valence-corrected chi connectivity index (χ4v) is 19.9. The number of benzene rings is 3. The standard InChI is InChI=1S/3C29H33FN2O4/c3*1-3-35-29(34)32-23-10-11-24-20(14-23)15-26-27(17(2)36-28(26)33)25(24)12-9-22-8-7-19(16-31-22)18-5-4-6-21(30)13-18/h3*4-9,12-13,16-17,20,23-27H,3,10-11,14-15H2,1-2H3,(H,32,34)/b3*12-9+/t17-,20+,23-,24+,25?,26+,27+;17-,20+,23-,24+,25-,26-,27+;17-,20-,23+,24+,25+,26+,27+/m110/s1. The van der Waals surface area contributed by atoms with Gasteiger partial charge in [0.05, 0.1) is 54.7 Å². The summed E-state index contributed by atoms with van der Waals surface area (Å²) in [6, 6.07) is 31.3. The zero-order chi connectivity index (χ0) is 75.7. The summed E-state index contributed by atoms with van der Waals surface area (Å²) in [5, 5.41) is 9.00. The number of hydrogen-bond acceptors (Lipinski definition) is 15. The van der Waals surface area contributed by atoms with E-state index >= 15 is 0 Å². The van der Waals surface area contributed by atoms with Gasteiger partial charge in [0.25, 0.3) is 0 Å². The molecule has 0 radical (unpaired) electrons. The number of amides is 3. The van der Waals surface area contributed by atoms with Crippen molar-refractivity contribution in [3.05, 3.63) is 181 Å². The fraction of sp³-hybridized carbons (Fsp3) is 0.483. The number of alkyl carbamates (subject to hydrolysis) is 3. The van der Waals surface area contributed by atoms with Crippen molar-refractivity contribution in [3.63, 3.8) is 0 Å². The number of pyridine rings is 3. The first-order valence-electron chi connectivity index (χ1n) is 38.9. The van der Waals surface area contributed by atoms with E-state index in [0.717, 1.165) is 128 Å². The van der Waals surface area contributed by atoms with Crippen LogP contribution in [0.2, 0.25) is 0 Å². The van der Waals surface area contributed by atoms with Crippen LogP contribution >= 0.6 is 0 Å². The van der Waals surface area contributed by atoms with Gasteiger partial charge in [-0.05, 0) is 261 Å². The number of hydrogen-bond donors (Lipinski definition) is 3. The molecule has 3 N–H and O–H groups in total. The number of rotatable bonds is 15. The molecule has 108 heavy (non-hydrogen) atoms. The molecule has 3 saturated heterocycles. The predicted octanol–water partition coefficient (Wildman–Crippen LogP) is 16.9. The van der Waals surface area contributed by atoms with Crippen LogP contribution in [0.1, 0.15) is 136 Å². The lowest BCUT2D eigenvalue weighted by Crippen LogP contribution is -2.48. The normalized spacial score (nSPS) is 31.4. The third-order valence-electron chi connectivity index (χ3n) is 24.5. The lowest BCUT2D eigenvalue weighted by atomic mass is 9.57. The van der Waals surface area contributed by atoms with Gasteiger partial charge in [-0.3, -0.25) is 29.3 Å². The van der Waals surface area contributed by atoms with Gasteiger partial charge in [0.1, 0.15) is 35.8 Å². The minimum atomic E-state index is -0.368. The Kier molecular flexibility index (Phi) is 24.6. The lowest BCUT2D eigenvalue weighted by Gasteiger charge is -2.47. The molecule has 0 spiro atoms. The second kappa shape index (κ2) is 34.7. The molecule has 6 aromatic rings. The average Bonchev–Trinajstić information content (AvgIpc) is 1.52. The zero-order valence-corrected chi connectivity index (χ0v) is 62.2. The van der Waals surface area contributed by atoms with Gasteiger partial charge in [-0.15, -0.1) is 0 Å². The van der Waals surface area contributed by atoms with E-state index in [-0.39, 0.29) is 143 Å². The summed E-state index contributed by atoms with van der Waals surface area (Å²) in [7, 11) is 0. The van der Waals surface area contributed by atoms with Crippen LogP contribution in [0.5, 0.6) is 0 Å². The number of carbonyl (C=O) groups is 6. The van der Waals surface area contributed by atoms with E-state index in [1.165, 1.54) is 36.4 Å². The van der Waals surface area contributed by atoms with Gasteiger partial charge in [-0.25, -0.2) is 27.6 Å². The number of ether oxygens (including phenoxy) is 6. The number of nitrogens with one attached hydrogen (secondary N) is 3. The van der Waals surface area contributed by atoms with Gasteiger partial charge in [-0.2, -0.15) is 0 Å². The Labute approximate surface area is 630 Å². The molecule has 15 rings (SSSR count). The highest BCUT2D eigenvalue weighted by Gasteiger charge is 2.58. The molecule has 3 amide bonds. The molecular formula is C87H99F3N6O12. The van der Waals surface area contributed by atoms with Gasteiger partial charge < -0.3 is 44.4 Å². The van der Waals surface area contributed by atoms with Crippen LogP contribution in [0.15, 0.2) is 146 Å². The van der Waals surface area contributed by atoms with Gasteiger partial charge in [-0.1, -0.05) is 72.8 Å². The monoisotopic (exact) mass is 1480 g/mol. The van der Waals surface area contributed by atoms with Gasteiger partial charge >= 0.3 is 36.2 Å². The Morgan fingerprint density at radius 1 is 0.407 bits per heavy atom. The molecule has 6 saturated carbocycles. The van der Waals surface area contributed by atoms with E-state index in [1.807, 2.05) is 93.6 Å². The number of carbonyl (C=O) groups excluding carboxylic acids is 6.